The van der Waals surface area contributed by atoms with Gasteiger partial charge in [-0.25, -0.2) is 4.99 Å². The summed E-state index contributed by atoms with van der Waals surface area (Å²) >= 11 is 6.00. The molecular weight excluding hydrogens is 493 g/mol. The fraction of sp³-hybridized carbons (Fsp3) is 0.600. The first-order valence-corrected chi connectivity index (χ1v) is 10.0. The summed E-state index contributed by atoms with van der Waals surface area (Å²) < 4.78 is 11.0. The molecule has 0 aliphatic carbocycles. The first-order chi connectivity index (χ1) is 13.0. The van der Waals surface area contributed by atoms with Crippen molar-refractivity contribution in [3.63, 3.8) is 0 Å². The van der Waals surface area contributed by atoms with Crippen LogP contribution < -0.4 is 10.1 Å². The van der Waals surface area contributed by atoms with Gasteiger partial charge in [-0.05, 0) is 51.8 Å². The Balaban J connectivity index is 0.00000392. The van der Waals surface area contributed by atoms with Crippen molar-refractivity contribution >= 4 is 47.5 Å². The molecule has 1 aliphatic rings. The molecule has 1 saturated heterocycles. The molecule has 1 atom stereocenters. The number of likely N-dealkylation sites (tertiary alicyclic amines) is 1. The maximum atomic E-state index is 11.9. The lowest BCUT2D eigenvalue weighted by atomic mass is 9.97. The van der Waals surface area contributed by atoms with Crippen molar-refractivity contribution in [1.29, 1.82) is 0 Å². The third kappa shape index (κ3) is 8.03. The zero-order valence-electron chi connectivity index (χ0n) is 16.8. The highest BCUT2D eigenvalue weighted by Gasteiger charge is 2.27. The molecule has 1 aliphatic heterocycles. The molecule has 0 saturated carbocycles. The first-order valence-electron chi connectivity index (χ1n) is 9.65. The van der Waals surface area contributed by atoms with Crippen LogP contribution >= 0.6 is 35.6 Å². The average molecular weight is 524 g/mol. The number of esters is 1. The number of piperidine rings is 1. The van der Waals surface area contributed by atoms with Gasteiger partial charge in [-0.2, -0.15) is 0 Å². The second kappa shape index (κ2) is 13.1. The number of nitrogens with zero attached hydrogens (tertiary/aromatic N) is 2. The van der Waals surface area contributed by atoms with Gasteiger partial charge in [-0.1, -0.05) is 17.7 Å². The number of carbonyl (C=O) groups excluding carboxylic acids is 1. The van der Waals surface area contributed by atoms with E-state index in [0.29, 0.717) is 18.2 Å². The van der Waals surface area contributed by atoms with Crippen LogP contribution in [0.15, 0.2) is 29.3 Å². The van der Waals surface area contributed by atoms with Crippen molar-refractivity contribution in [3.05, 3.63) is 29.3 Å². The van der Waals surface area contributed by atoms with E-state index in [1.54, 1.807) is 6.07 Å². The number of halogens is 2. The summed E-state index contributed by atoms with van der Waals surface area (Å²) in [5.74, 6) is 1.52. The highest BCUT2D eigenvalue weighted by molar-refractivity contribution is 14.0. The number of benzene rings is 1. The topological polar surface area (TPSA) is 63.2 Å². The summed E-state index contributed by atoms with van der Waals surface area (Å²) in [6.45, 7) is 9.22. The maximum absolute atomic E-state index is 11.9. The summed E-state index contributed by atoms with van der Waals surface area (Å²) in [6, 6.07) is 7.37. The molecule has 0 spiro atoms. The van der Waals surface area contributed by atoms with E-state index in [-0.39, 0.29) is 42.0 Å². The van der Waals surface area contributed by atoms with Gasteiger partial charge in [0.05, 0.1) is 19.1 Å². The largest absolute Gasteiger partial charge is 0.489 e. The van der Waals surface area contributed by atoms with Crippen LogP contribution in [-0.4, -0.2) is 55.7 Å². The molecule has 158 valence electrons. The van der Waals surface area contributed by atoms with E-state index < -0.39 is 0 Å². The van der Waals surface area contributed by atoms with E-state index in [1.165, 1.54) is 0 Å². The monoisotopic (exact) mass is 523 g/mol. The molecule has 1 unspecified atom stereocenters. The van der Waals surface area contributed by atoms with Crippen LogP contribution in [0.25, 0.3) is 0 Å². The van der Waals surface area contributed by atoms with E-state index in [9.17, 15) is 4.79 Å². The second-order valence-corrected chi connectivity index (χ2v) is 7.03. The van der Waals surface area contributed by atoms with Gasteiger partial charge in [-0.3, -0.25) is 4.79 Å². The Morgan fingerprint density at radius 3 is 2.68 bits per heavy atom. The van der Waals surface area contributed by atoms with Gasteiger partial charge >= 0.3 is 5.97 Å². The average Bonchev–Trinajstić information content (AvgIpc) is 2.65. The molecule has 6 nitrogen and oxygen atoms in total. The Kier molecular flexibility index (Phi) is 11.6. The molecule has 0 radical (unpaired) electrons. The van der Waals surface area contributed by atoms with E-state index in [4.69, 9.17) is 26.1 Å². The summed E-state index contributed by atoms with van der Waals surface area (Å²) in [4.78, 5) is 18.8. The minimum Gasteiger partial charge on any atom is -0.489 e. The Labute approximate surface area is 190 Å². The number of hydrogen-bond acceptors (Lipinski definition) is 4. The summed E-state index contributed by atoms with van der Waals surface area (Å²) in [5.41, 5.74) is 0. The smallest absolute Gasteiger partial charge is 0.309 e. The lowest BCUT2D eigenvalue weighted by Crippen LogP contribution is -2.47. The van der Waals surface area contributed by atoms with Gasteiger partial charge in [0.1, 0.15) is 11.9 Å². The number of aliphatic imine (C=N–C) groups is 1. The molecule has 0 bridgehead atoms. The van der Waals surface area contributed by atoms with Crippen molar-refractivity contribution in [2.45, 2.75) is 39.7 Å². The third-order valence-electron chi connectivity index (χ3n) is 4.38. The van der Waals surface area contributed by atoms with Crippen LogP contribution in [0.2, 0.25) is 5.02 Å². The predicted molar refractivity (Wildman–Crippen MR) is 124 cm³/mol. The molecule has 1 aromatic rings. The number of ether oxygens (including phenoxy) is 2. The minimum absolute atomic E-state index is 0. The van der Waals surface area contributed by atoms with Crippen LogP contribution in [0.5, 0.6) is 5.75 Å². The zero-order chi connectivity index (χ0) is 19.6. The van der Waals surface area contributed by atoms with Crippen molar-refractivity contribution in [1.82, 2.24) is 10.2 Å². The summed E-state index contributed by atoms with van der Waals surface area (Å²) in [6.07, 6.45) is 1.50. The molecule has 0 amide bonds. The number of guanidine groups is 1. The fourth-order valence-corrected chi connectivity index (χ4v) is 3.22. The van der Waals surface area contributed by atoms with E-state index in [2.05, 4.69) is 10.2 Å². The standard InChI is InChI=1S/C20H30ClN3O3.HI/c1-4-22-20(24-11-9-16(10-12-24)19(25)26-5-2)23-14-15(3)27-18-8-6-7-17(21)13-18;/h6-8,13,15-16H,4-5,9-12,14H2,1-3H3,(H,22,23);1H. The molecule has 1 N–H and O–H groups in total. The number of rotatable bonds is 7. The highest BCUT2D eigenvalue weighted by atomic mass is 127. The Morgan fingerprint density at radius 1 is 1.36 bits per heavy atom. The Bertz CT molecular complexity index is 637. The van der Waals surface area contributed by atoms with Gasteiger partial charge < -0.3 is 19.7 Å². The van der Waals surface area contributed by atoms with Crippen LogP contribution in [-0.2, 0) is 9.53 Å². The maximum Gasteiger partial charge on any atom is 0.309 e. The van der Waals surface area contributed by atoms with Gasteiger partial charge in [-0.15, -0.1) is 24.0 Å². The molecule has 1 heterocycles. The third-order valence-corrected chi connectivity index (χ3v) is 4.62. The molecule has 0 aromatic heterocycles. The van der Waals surface area contributed by atoms with Crippen LogP contribution in [0.1, 0.15) is 33.6 Å². The second-order valence-electron chi connectivity index (χ2n) is 6.59. The number of nitrogens with one attached hydrogen (secondary N) is 1. The quantitative estimate of drug-likeness (QED) is 0.254. The Morgan fingerprint density at radius 2 is 2.07 bits per heavy atom. The molecule has 1 aromatic carbocycles. The van der Waals surface area contributed by atoms with Crippen LogP contribution in [0.4, 0.5) is 0 Å². The van der Waals surface area contributed by atoms with Crippen LogP contribution in [0.3, 0.4) is 0 Å². The summed E-state index contributed by atoms with van der Waals surface area (Å²) in [5, 5.41) is 3.99. The lowest BCUT2D eigenvalue weighted by Gasteiger charge is -2.33. The van der Waals surface area contributed by atoms with Gasteiger partial charge in [0.15, 0.2) is 5.96 Å². The normalized spacial score (nSPS) is 16.1. The van der Waals surface area contributed by atoms with Gasteiger partial charge in [0.25, 0.3) is 0 Å². The lowest BCUT2D eigenvalue weighted by molar-refractivity contribution is -0.149. The Hall–Kier alpha value is -1.22. The van der Waals surface area contributed by atoms with Crippen molar-refractivity contribution in [3.8, 4) is 5.75 Å². The van der Waals surface area contributed by atoms with E-state index in [0.717, 1.165) is 44.2 Å². The molecule has 8 heteroatoms. The van der Waals surface area contributed by atoms with E-state index >= 15 is 0 Å². The number of hydrogen-bond donors (Lipinski definition) is 1. The molecule has 28 heavy (non-hydrogen) atoms. The molecular formula is C20H31ClIN3O3. The van der Waals surface area contributed by atoms with Crippen LogP contribution in [0, 0.1) is 5.92 Å². The highest BCUT2D eigenvalue weighted by Crippen LogP contribution is 2.20. The fourth-order valence-electron chi connectivity index (χ4n) is 3.04. The van der Waals surface area contributed by atoms with Crippen molar-refractivity contribution < 1.29 is 14.3 Å². The molecule has 1 fully saturated rings. The first kappa shape index (κ1) is 24.8. The van der Waals surface area contributed by atoms with Gasteiger partial charge in [0, 0.05) is 24.7 Å². The minimum atomic E-state index is -0.0809. The van der Waals surface area contributed by atoms with E-state index in [1.807, 2.05) is 39.0 Å². The van der Waals surface area contributed by atoms with Gasteiger partial charge in [0.2, 0.25) is 0 Å². The number of carbonyl (C=O) groups is 1. The van der Waals surface area contributed by atoms with Crippen molar-refractivity contribution in [2.75, 3.05) is 32.8 Å². The zero-order valence-corrected chi connectivity index (χ0v) is 19.9. The summed E-state index contributed by atoms with van der Waals surface area (Å²) in [7, 11) is 0. The van der Waals surface area contributed by atoms with Crippen molar-refractivity contribution in [2.24, 2.45) is 10.9 Å². The predicted octanol–water partition coefficient (Wildman–Crippen LogP) is 3.97. The molecule has 2 rings (SSSR count). The SMILES string of the molecule is CCNC(=NCC(C)Oc1cccc(Cl)c1)N1CCC(C(=O)OCC)CC1.I.